The number of rotatable bonds is 2. The first-order valence-electron chi connectivity index (χ1n) is 7.95. The van der Waals surface area contributed by atoms with Gasteiger partial charge in [-0.3, -0.25) is 9.39 Å². The zero-order chi connectivity index (χ0) is 19.1. The maximum absolute atomic E-state index is 6.68. The summed E-state index contributed by atoms with van der Waals surface area (Å²) >= 11 is 14.8. The lowest BCUT2D eigenvalue weighted by Crippen LogP contribution is -2.31. The second-order valence-electron chi connectivity index (χ2n) is 5.76. The molecule has 0 fully saturated rings. The Morgan fingerprint density at radius 3 is 2.81 bits per heavy atom. The number of fused-ring (bicyclic) bond motifs is 3. The molecule has 3 heterocycles. The molecule has 4 rings (SSSR count). The van der Waals surface area contributed by atoms with Crippen LogP contribution in [-0.2, 0) is 16.0 Å². The van der Waals surface area contributed by atoms with E-state index >= 15 is 0 Å². The maximum Gasteiger partial charge on any atom is 0.185 e. The van der Waals surface area contributed by atoms with Crippen LogP contribution in [0.25, 0.3) is 11.2 Å². The van der Waals surface area contributed by atoms with E-state index in [2.05, 4.69) is 20.2 Å². The van der Waals surface area contributed by atoms with Gasteiger partial charge in [-0.05, 0) is 12.3 Å². The van der Waals surface area contributed by atoms with Gasteiger partial charge in [0.2, 0.25) is 0 Å². The van der Waals surface area contributed by atoms with Gasteiger partial charge in [-0.25, -0.2) is 4.99 Å². The van der Waals surface area contributed by atoms with E-state index in [1.54, 1.807) is 26.6 Å². The standard InChI is InChI=1S/C17H15Cl2N5O2S/c1-25-10-5-11(26-2)14(19)12(13(10)18)9-4-8-6-20-17(27-3)22-15(8)24-7-21-23-16(9)24/h4-5,7,13H,6H2,1-3H3. The molecule has 1 atom stereocenters. The SMILES string of the molecule is COC1=CC(OC)=C(Cl)C(=c2cc3c(n4cnnc24)=NC(SC)=NC3)C1Cl. The van der Waals surface area contributed by atoms with Gasteiger partial charge in [0.05, 0.1) is 25.8 Å². The molecular weight excluding hydrogens is 409 g/mol. The highest BCUT2D eigenvalue weighted by molar-refractivity contribution is 8.13. The summed E-state index contributed by atoms with van der Waals surface area (Å²) in [5, 5.41) is 9.60. The van der Waals surface area contributed by atoms with Crippen molar-refractivity contribution in [2.45, 2.75) is 11.9 Å². The predicted octanol–water partition coefficient (Wildman–Crippen LogP) is 1.98. The number of alkyl halides is 1. The number of thioether (sulfide) groups is 1. The number of nitrogens with zero attached hydrogens (tertiary/aromatic N) is 5. The Bertz CT molecular complexity index is 1150. The van der Waals surface area contributed by atoms with Gasteiger partial charge >= 0.3 is 0 Å². The number of halogens is 2. The molecule has 10 heteroatoms. The molecule has 1 aliphatic heterocycles. The summed E-state index contributed by atoms with van der Waals surface area (Å²) in [5.74, 6) is 1.01. The summed E-state index contributed by atoms with van der Waals surface area (Å²) in [5.41, 5.74) is 2.94. The summed E-state index contributed by atoms with van der Waals surface area (Å²) in [6, 6.07) is 1.96. The van der Waals surface area contributed by atoms with Crippen LogP contribution >= 0.6 is 35.0 Å². The molecule has 0 saturated carbocycles. The number of methoxy groups -OCH3 is 2. The number of hydrogen-bond acceptors (Lipinski definition) is 7. The second-order valence-corrected chi connectivity index (χ2v) is 7.34. The van der Waals surface area contributed by atoms with Crippen LogP contribution in [0.1, 0.15) is 5.56 Å². The average Bonchev–Trinajstić information content (AvgIpc) is 3.18. The number of amidine groups is 1. The minimum Gasteiger partial charge on any atom is -0.499 e. The van der Waals surface area contributed by atoms with E-state index in [1.807, 2.05) is 16.7 Å². The van der Waals surface area contributed by atoms with Gasteiger partial charge in [0.1, 0.15) is 28.7 Å². The first-order valence-corrected chi connectivity index (χ1v) is 9.99. The first kappa shape index (κ1) is 18.3. The fourth-order valence-electron chi connectivity index (χ4n) is 3.08. The average molecular weight is 424 g/mol. The lowest BCUT2D eigenvalue weighted by atomic mass is 10.0. The minimum absolute atomic E-state index is 0.407. The van der Waals surface area contributed by atoms with Gasteiger partial charge in [0, 0.05) is 22.4 Å². The fourth-order valence-corrected chi connectivity index (χ4v) is 4.23. The molecule has 140 valence electrons. The van der Waals surface area contributed by atoms with Crippen molar-refractivity contribution in [3.63, 3.8) is 0 Å². The number of ether oxygens (including phenoxy) is 2. The van der Waals surface area contributed by atoms with E-state index in [0.29, 0.717) is 34.3 Å². The van der Waals surface area contributed by atoms with Crippen molar-refractivity contribution in [2.75, 3.05) is 20.5 Å². The third-order valence-corrected chi connectivity index (χ3v) is 5.78. The van der Waals surface area contributed by atoms with Crippen LogP contribution in [0.3, 0.4) is 0 Å². The smallest absolute Gasteiger partial charge is 0.185 e. The molecule has 0 aromatic carbocycles. The summed E-state index contributed by atoms with van der Waals surface area (Å²) in [6.07, 6.45) is 5.25. The van der Waals surface area contributed by atoms with E-state index in [9.17, 15) is 0 Å². The highest BCUT2D eigenvalue weighted by Crippen LogP contribution is 2.36. The Hall–Kier alpha value is -2.03. The van der Waals surface area contributed by atoms with Gasteiger partial charge in [0.15, 0.2) is 10.8 Å². The van der Waals surface area contributed by atoms with Gasteiger partial charge in [-0.15, -0.1) is 21.8 Å². The Labute approximate surface area is 169 Å². The van der Waals surface area contributed by atoms with Gasteiger partial charge < -0.3 is 9.47 Å². The summed E-state index contributed by atoms with van der Waals surface area (Å²) in [6.45, 7) is 0.502. The molecule has 7 nitrogen and oxygen atoms in total. The quantitative estimate of drug-likeness (QED) is 0.690. The third kappa shape index (κ3) is 2.92. The summed E-state index contributed by atoms with van der Waals surface area (Å²) in [7, 11) is 3.10. The van der Waals surface area contributed by atoms with Crippen molar-refractivity contribution < 1.29 is 9.47 Å². The molecule has 2 aromatic rings. The lowest BCUT2D eigenvalue weighted by Gasteiger charge is -2.23. The van der Waals surface area contributed by atoms with E-state index in [-0.39, 0.29) is 0 Å². The molecule has 0 saturated heterocycles. The number of aromatic nitrogens is 3. The molecule has 0 bridgehead atoms. The van der Waals surface area contributed by atoms with Crippen LogP contribution in [0.2, 0.25) is 0 Å². The number of hydrogen-bond donors (Lipinski definition) is 0. The number of allylic oxidation sites excluding steroid dienone is 3. The zero-order valence-electron chi connectivity index (χ0n) is 14.7. The second kappa shape index (κ2) is 7.18. The van der Waals surface area contributed by atoms with Crippen molar-refractivity contribution in [3.05, 3.63) is 51.3 Å². The molecular formula is C17H15Cl2N5O2S. The highest BCUT2D eigenvalue weighted by Gasteiger charge is 2.29. The fraction of sp³-hybridized carbons (Fsp3) is 0.294. The van der Waals surface area contributed by atoms with E-state index in [1.165, 1.54) is 11.8 Å². The van der Waals surface area contributed by atoms with Crippen LogP contribution in [0.15, 0.2) is 45.0 Å². The molecule has 0 N–H and O–H groups in total. The van der Waals surface area contributed by atoms with Crippen molar-refractivity contribution in [3.8, 4) is 0 Å². The maximum atomic E-state index is 6.68. The lowest BCUT2D eigenvalue weighted by molar-refractivity contribution is 0.268. The van der Waals surface area contributed by atoms with Crippen LogP contribution in [-0.4, -0.2) is 45.6 Å². The van der Waals surface area contributed by atoms with Crippen molar-refractivity contribution in [1.82, 2.24) is 14.6 Å². The van der Waals surface area contributed by atoms with Gasteiger partial charge in [-0.1, -0.05) is 23.4 Å². The predicted molar refractivity (Wildman–Crippen MR) is 106 cm³/mol. The number of aliphatic imine (C=N–C) groups is 1. The molecule has 27 heavy (non-hydrogen) atoms. The van der Waals surface area contributed by atoms with Gasteiger partial charge in [0.25, 0.3) is 0 Å². The zero-order valence-corrected chi connectivity index (χ0v) is 17.1. The van der Waals surface area contributed by atoms with Crippen molar-refractivity contribution in [2.24, 2.45) is 9.98 Å². The minimum atomic E-state index is -0.592. The van der Waals surface area contributed by atoms with Crippen LogP contribution in [0.4, 0.5) is 0 Å². The van der Waals surface area contributed by atoms with E-state index < -0.39 is 5.38 Å². The van der Waals surface area contributed by atoms with E-state index in [0.717, 1.165) is 21.4 Å². The molecule has 0 radical (unpaired) electrons. The molecule has 0 amide bonds. The topological polar surface area (TPSA) is 73.4 Å². The normalized spacial score (nSPS) is 21.4. The third-order valence-electron chi connectivity index (χ3n) is 4.37. The summed E-state index contributed by atoms with van der Waals surface area (Å²) < 4.78 is 12.6. The van der Waals surface area contributed by atoms with Crippen LogP contribution in [0.5, 0.6) is 0 Å². The van der Waals surface area contributed by atoms with Crippen LogP contribution in [0, 0.1) is 0 Å². The molecule has 1 aliphatic carbocycles. The van der Waals surface area contributed by atoms with E-state index in [4.69, 9.17) is 32.7 Å². The number of pyridine rings is 1. The molecule has 0 spiro atoms. The van der Waals surface area contributed by atoms with Crippen molar-refractivity contribution >= 4 is 51.4 Å². The Kier molecular flexibility index (Phi) is 4.88. The summed E-state index contributed by atoms with van der Waals surface area (Å²) in [4.78, 5) is 9.08. The monoisotopic (exact) mass is 423 g/mol. The first-order chi connectivity index (χ1) is 13.1. The largest absolute Gasteiger partial charge is 0.499 e. The molecule has 1 unspecified atom stereocenters. The van der Waals surface area contributed by atoms with Crippen LogP contribution < -0.4 is 10.7 Å². The Morgan fingerprint density at radius 1 is 1.30 bits per heavy atom. The molecule has 2 aromatic heterocycles. The van der Waals surface area contributed by atoms with Gasteiger partial charge in [-0.2, -0.15) is 0 Å². The Morgan fingerprint density at radius 2 is 2.11 bits per heavy atom. The van der Waals surface area contributed by atoms with Crippen molar-refractivity contribution in [1.29, 1.82) is 0 Å². The highest BCUT2D eigenvalue weighted by atomic mass is 35.5. The Balaban J connectivity index is 2.11. The molecule has 2 aliphatic rings.